The minimum atomic E-state index is 0.271. The SMILES string of the molecule is CCOc1cccc(CN2CCC(CC)CC2CN)c1O. The van der Waals surface area contributed by atoms with Gasteiger partial charge in [0.2, 0.25) is 0 Å². The Balaban J connectivity index is 2.08. The molecule has 1 aliphatic heterocycles. The van der Waals surface area contributed by atoms with Crippen LogP contribution in [0.25, 0.3) is 0 Å². The molecule has 0 radical (unpaired) electrons. The number of likely N-dealkylation sites (tertiary alicyclic amines) is 1. The summed E-state index contributed by atoms with van der Waals surface area (Å²) in [5.41, 5.74) is 6.88. The van der Waals surface area contributed by atoms with Crippen molar-refractivity contribution in [2.24, 2.45) is 11.7 Å². The van der Waals surface area contributed by atoms with Crippen molar-refractivity contribution >= 4 is 0 Å². The maximum atomic E-state index is 10.3. The van der Waals surface area contributed by atoms with Gasteiger partial charge in [0, 0.05) is 24.7 Å². The zero-order valence-electron chi connectivity index (χ0n) is 13.2. The molecule has 21 heavy (non-hydrogen) atoms. The maximum Gasteiger partial charge on any atom is 0.162 e. The largest absolute Gasteiger partial charge is 0.504 e. The molecule has 4 nitrogen and oxygen atoms in total. The van der Waals surface area contributed by atoms with E-state index >= 15 is 0 Å². The van der Waals surface area contributed by atoms with Crippen LogP contribution in [0.15, 0.2) is 18.2 Å². The number of nitrogens with zero attached hydrogens (tertiary/aromatic N) is 1. The standard InChI is InChI=1S/C17H28N2O2/c1-3-13-8-9-19(15(10-13)11-18)12-14-6-5-7-16(17(14)20)21-4-2/h5-7,13,15,20H,3-4,8-12,18H2,1-2H3. The van der Waals surface area contributed by atoms with Crippen LogP contribution in [0.5, 0.6) is 11.5 Å². The Labute approximate surface area is 127 Å². The Hall–Kier alpha value is -1.26. The molecule has 0 amide bonds. The third-order valence-electron chi connectivity index (χ3n) is 4.55. The van der Waals surface area contributed by atoms with E-state index in [9.17, 15) is 5.11 Å². The summed E-state index contributed by atoms with van der Waals surface area (Å²) in [7, 11) is 0. The van der Waals surface area contributed by atoms with E-state index in [0.717, 1.165) is 24.6 Å². The number of rotatable bonds is 6. The van der Waals surface area contributed by atoms with Crippen molar-refractivity contribution in [1.29, 1.82) is 0 Å². The predicted octanol–water partition coefficient (Wildman–Crippen LogP) is 2.74. The summed E-state index contributed by atoms with van der Waals surface area (Å²) in [5, 5.41) is 10.3. The Bertz CT molecular complexity index is 450. The predicted molar refractivity (Wildman–Crippen MR) is 85.5 cm³/mol. The van der Waals surface area contributed by atoms with Gasteiger partial charge < -0.3 is 15.6 Å². The van der Waals surface area contributed by atoms with Crippen LogP contribution in [0.1, 0.15) is 38.7 Å². The second kappa shape index (κ2) is 7.66. The van der Waals surface area contributed by atoms with E-state index in [2.05, 4.69) is 11.8 Å². The van der Waals surface area contributed by atoms with Crippen LogP contribution in [0.3, 0.4) is 0 Å². The lowest BCUT2D eigenvalue weighted by Gasteiger charge is -2.39. The van der Waals surface area contributed by atoms with Gasteiger partial charge in [-0.15, -0.1) is 0 Å². The number of phenols is 1. The molecule has 1 fully saturated rings. The van der Waals surface area contributed by atoms with Crippen molar-refractivity contribution in [3.8, 4) is 11.5 Å². The average Bonchev–Trinajstić information content (AvgIpc) is 2.51. The van der Waals surface area contributed by atoms with Crippen LogP contribution >= 0.6 is 0 Å². The van der Waals surface area contributed by atoms with Crippen molar-refractivity contribution in [2.75, 3.05) is 19.7 Å². The van der Waals surface area contributed by atoms with Gasteiger partial charge in [0.1, 0.15) is 0 Å². The smallest absolute Gasteiger partial charge is 0.162 e. The fourth-order valence-electron chi connectivity index (χ4n) is 3.19. The topological polar surface area (TPSA) is 58.7 Å². The highest BCUT2D eigenvalue weighted by Gasteiger charge is 2.27. The Morgan fingerprint density at radius 3 is 2.86 bits per heavy atom. The molecule has 0 aliphatic carbocycles. The van der Waals surface area contributed by atoms with Crippen LogP contribution in [-0.4, -0.2) is 35.7 Å². The second-order valence-electron chi connectivity index (χ2n) is 5.86. The molecular formula is C17H28N2O2. The number of benzene rings is 1. The lowest BCUT2D eigenvalue weighted by Crippen LogP contribution is -2.46. The maximum absolute atomic E-state index is 10.3. The second-order valence-corrected chi connectivity index (χ2v) is 5.86. The normalized spacial score (nSPS) is 23.2. The molecule has 1 saturated heterocycles. The number of ether oxygens (including phenoxy) is 1. The summed E-state index contributed by atoms with van der Waals surface area (Å²) >= 11 is 0. The molecule has 2 atom stereocenters. The summed E-state index contributed by atoms with van der Waals surface area (Å²) in [6.07, 6.45) is 3.62. The van der Waals surface area contributed by atoms with E-state index in [-0.39, 0.29) is 5.75 Å². The van der Waals surface area contributed by atoms with Gasteiger partial charge in [0.05, 0.1) is 6.61 Å². The lowest BCUT2D eigenvalue weighted by atomic mass is 9.88. The summed E-state index contributed by atoms with van der Waals surface area (Å²) in [4.78, 5) is 2.40. The Morgan fingerprint density at radius 2 is 2.19 bits per heavy atom. The molecule has 4 heteroatoms. The van der Waals surface area contributed by atoms with Gasteiger partial charge in [-0.25, -0.2) is 0 Å². The van der Waals surface area contributed by atoms with Gasteiger partial charge in [-0.05, 0) is 38.3 Å². The van der Waals surface area contributed by atoms with Gasteiger partial charge >= 0.3 is 0 Å². The molecule has 1 aliphatic rings. The van der Waals surface area contributed by atoms with Gasteiger partial charge in [0.15, 0.2) is 11.5 Å². The monoisotopic (exact) mass is 292 g/mol. The lowest BCUT2D eigenvalue weighted by molar-refractivity contribution is 0.106. The van der Waals surface area contributed by atoms with Gasteiger partial charge in [0.25, 0.3) is 0 Å². The first-order valence-corrected chi connectivity index (χ1v) is 8.07. The first-order valence-electron chi connectivity index (χ1n) is 8.07. The van der Waals surface area contributed by atoms with E-state index in [1.54, 1.807) is 0 Å². The quantitative estimate of drug-likeness (QED) is 0.846. The molecule has 1 heterocycles. The van der Waals surface area contributed by atoms with Crippen molar-refractivity contribution in [2.45, 2.75) is 45.7 Å². The van der Waals surface area contributed by atoms with Crippen LogP contribution in [0.2, 0.25) is 0 Å². The fraction of sp³-hybridized carbons (Fsp3) is 0.647. The van der Waals surface area contributed by atoms with Gasteiger partial charge in [-0.1, -0.05) is 25.5 Å². The molecular weight excluding hydrogens is 264 g/mol. The summed E-state index contributed by atoms with van der Waals surface area (Å²) in [6.45, 7) is 7.22. The van der Waals surface area contributed by atoms with E-state index < -0.39 is 0 Å². The molecule has 0 bridgehead atoms. The van der Waals surface area contributed by atoms with Crippen molar-refractivity contribution in [3.63, 3.8) is 0 Å². The van der Waals surface area contributed by atoms with Crippen molar-refractivity contribution < 1.29 is 9.84 Å². The average molecular weight is 292 g/mol. The van der Waals surface area contributed by atoms with E-state index in [1.807, 2.05) is 25.1 Å². The molecule has 0 aromatic heterocycles. The number of para-hydroxylation sites is 1. The number of hydrogen-bond donors (Lipinski definition) is 2. The third kappa shape index (κ3) is 3.89. The highest BCUT2D eigenvalue weighted by molar-refractivity contribution is 5.45. The van der Waals surface area contributed by atoms with Crippen LogP contribution in [0, 0.1) is 5.92 Å². The molecule has 2 unspecified atom stereocenters. The van der Waals surface area contributed by atoms with Gasteiger partial charge in [-0.2, -0.15) is 0 Å². The highest BCUT2D eigenvalue weighted by Crippen LogP contribution is 2.33. The first-order chi connectivity index (χ1) is 10.2. The summed E-state index contributed by atoms with van der Waals surface area (Å²) in [5.74, 6) is 1.63. The third-order valence-corrected chi connectivity index (χ3v) is 4.55. The van der Waals surface area contributed by atoms with E-state index in [0.29, 0.717) is 24.9 Å². The minimum Gasteiger partial charge on any atom is -0.504 e. The van der Waals surface area contributed by atoms with Crippen LogP contribution in [0.4, 0.5) is 0 Å². The summed E-state index contributed by atoms with van der Waals surface area (Å²) in [6, 6.07) is 6.14. The minimum absolute atomic E-state index is 0.271. The zero-order valence-corrected chi connectivity index (χ0v) is 13.2. The Morgan fingerprint density at radius 1 is 1.38 bits per heavy atom. The van der Waals surface area contributed by atoms with Crippen LogP contribution in [-0.2, 0) is 6.54 Å². The molecule has 1 aromatic carbocycles. The molecule has 3 N–H and O–H groups in total. The zero-order chi connectivity index (χ0) is 15.2. The number of nitrogens with two attached hydrogens (primary N) is 1. The molecule has 2 rings (SSSR count). The van der Waals surface area contributed by atoms with Crippen molar-refractivity contribution in [3.05, 3.63) is 23.8 Å². The van der Waals surface area contributed by atoms with Gasteiger partial charge in [-0.3, -0.25) is 4.90 Å². The van der Waals surface area contributed by atoms with E-state index in [1.165, 1.54) is 19.3 Å². The molecule has 0 spiro atoms. The number of piperidine rings is 1. The van der Waals surface area contributed by atoms with Crippen molar-refractivity contribution in [1.82, 2.24) is 4.90 Å². The fourth-order valence-corrected chi connectivity index (χ4v) is 3.19. The highest BCUT2D eigenvalue weighted by atomic mass is 16.5. The summed E-state index contributed by atoms with van der Waals surface area (Å²) < 4.78 is 5.46. The van der Waals surface area contributed by atoms with Crippen LogP contribution < -0.4 is 10.5 Å². The number of hydrogen-bond acceptors (Lipinski definition) is 4. The molecule has 0 saturated carbocycles. The molecule has 1 aromatic rings. The van der Waals surface area contributed by atoms with E-state index in [4.69, 9.17) is 10.5 Å². The first kappa shape index (κ1) is 16.1. The number of phenolic OH excluding ortho intramolecular Hbond substituents is 1. The Kier molecular flexibility index (Phi) is 5.88. The molecule has 118 valence electrons. The number of aromatic hydroxyl groups is 1.